The maximum atomic E-state index is 5.06. The minimum Gasteiger partial charge on any atom is -0.291 e. The Hall–Kier alpha value is -0.590. The fourth-order valence-corrected chi connectivity index (χ4v) is 9.08. The molecule has 0 aromatic rings. The second-order valence-corrected chi connectivity index (χ2v) is 11.5. The van der Waals surface area contributed by atoms with Gasteiger partial charge in [-0.25, -0.2) is 0 Å². The molecule has 1 nitrogen and oxygen atoms in total. The van der Waals surface area contributed by atoms with Gasteiger partial charge in [-0.2, -0.15) is 0 Å². The summed E-state index contributed by atoms with van der Waals surface area (Å²) < 4.78 is 0. The maximum absolute atomic E-state index is 5.06. The van der Waals surface area contributed by atoms with Crippen LogP contribution in [-0.2, 0) is 0 Å². The summed E-state index contributed by atoms with van der Waals surface area (Å²) in [5, 5.41) is 0. The van der Waals surface area contributed by atoms with E-state index in [9.17, 15) is 0 Å². The summed E-state index contributed by atoms with van der Waals surface area (Å²) in [5.74, 6) is 4.69. The van der Waals surface area contributed by atoms with E-state index in [0.29, 0.717) is 16.9 Å². The molecule has 0 bridgehead atoms. The first-order valence-electron chi connectivity index (χ1n) is 12.2. The van der Waals surface area contributed by atoms with Crippen LogP contribution in [0.5, 0.6) is 0 Å². The van der Waals surface area contributed by atoms with Gasteiger partial charge in [-0.15, -0.1) is 0 Å². The quantitative estimate of drug-likeness (QED) is 0.457. The molecule has 0 spiro atoms. The lowest BCUT2D eigenvalue weighted by Crippen LogP contribution is -2.51. The SMILES string of the molecule is CC1=NC(C(C)[C@H]2CC[C@H]3[C@@H]4CCC5=CCCC[C@]5(C)[C@H]4CC[C@]23C)CC1. The molecular formula is C26H41N. The number of rotatable bonds is 2. The first kappa shape index (κ1) is 18.4. The van der Waals surface area contributed by atoms with Crippen LogP contribution in [0.1, 0.15) is 98.3 Å². The molecule has 0 aromatic carbocycles. The zero-order chi connectivity index (χ0) is 18.8. The van der Waals surface area contributed by atoms with Crippen LogP contribution < -0.4 is 0 Å². The molecule has 150 valence electrons. The van der Waals surface area contributed by atoms with Gasteiger partial charge in [-0.3, -0.25) is 4.99 Å². The van der Waals surface area contributed by atoms with Crippen molar-refractivity contribution in [3.63, 3.8) is 0 Å². The van der Waals surface area contributed by atoms with Crippen molar-refractivity contribution in [3.05, 3.63) is 11.6 Å². The molecular weight excluding hydrogens is 326 g/mol. The van der Waals surface area contributed by atoms with Gasteiger partial charge >= 0.3 is 0 Å². The van der Waals surface area contributed by atoms with Gasteiger partial charge < -0.3 is 0 Å². The number of aliphatic imine (C=N–C) groups is 1. The van der Waals surface area contributed by atoms with Crippen molar-refractivity contribution < 1.29 is 0 Å². The minimum absolute atomic E-state index is 0.555. The van der Waals surface area contributed by atoms with E-state index in [4.69, 9.17) is 4.99 Å². The van der Waals surface area contributed by atoms with Crippen LogP contribution in [0.2, 0.25) is 0 Å². The van der Waals surface area contributed by atoms with Crippen LogP contribution >= 0.6 is 0 Å². The Bertz CT molecular complexity index is 659. The third-order valence-corrected chi connectivity index (χ3v) is 10.5. The number of fused-ring (bicyclic) bond motifs is 5. The smallest absolute Gasteiger partial charge is 0.0530 e. The second-order valence-electron chi connectivity index (χ2n) is 11.5. The Kier molecular flexibility index (Phi) is 4.41. The van der Waals surface area contributed by atoms with Crippen molar-refractivity contribution in [2.24, 2.45) is 45.4 Å². The summed E-state index contributed by atoms with van der Waals surface area (Å²) in [4.78, 5) is 5.06. The largest absolute Gasteiger partial charge is 0.291 e. The molecule has 1 heterocycles. The monoisotopic (exact) mass is 367 g/mol. The molecule has 5 rings (SSSR count). The van der Waals surface area contributed by atoms with E-state index in [1.807, 2.05) is 5.57 Å². The first-order chi connectivity index (χ1) is 12.9. The molecule has 0 radical (unpaired) electrons. The Morgan fingerprint density at radius 1 is 1.00 bits per heavy atom. The van der Waals surface area contributed by atoms with Gasteiger partial charge in [-0.1, -0.05) is 32.4 Å². The van der Waals surface area contributed by atoms with Gasteiger partial charge in [0.25, 0.3) is 0 Å². The highest BCUT2D eigenvalue weighted by atomic mass is 14.8. The first-order valence-corrected chi connectivity index (χ1v) is 12.2. The maximum Gasteiger partial charge on any atom is 0.0530 e. The lowest BCUT2D eigenvalue weighted by atomic mass is 9.46. The van der Waals surface area contributed by atoms with Gasteiger partial charge in [0, 0.05) is 5.71 Å². The average Bonchev–Trinajstić information content (AvgIpc) is 3.23. The molecule has 1 aliphatic heterocycles. The van der Waals surface area contributed by atoms with Crippen molar-refractivity contribution in [1.29, 1.82) is 0 Å². The molecule has 0 amide bonds. The fourth-order valence-electron chi connectivity index (χ4n) is 9.08. The molecule has 0 N–H and O–H groups in total. The van der Waals surface area contributed by atoms with Crippen LogP contribution in [-0.4, -0.2) is 11.8 Å². The zero-order valence-corrected chi connectivity index (χ0v) is 18.3. The molecule has 1 heteroatoms. The van der Waals surface area contributed by atoms with E-state index in [0.717, 1.165) is 29.6 Å². The van der Waals surface area contributed by atoms with E-state index in [2.05, 4.69) is 33.8 Å². The summed E-state index contributed by atoms with van der Waals surface area (Å²) in [7, 11) is 0. The normalized spacial score (nSPS) is 50.3. The molecule has 3 saturated carbocycles. The highest BCUT2D eigenvalue weighted by Crippen LogP contribution is 2.67. The van der Waals surface area contributed by atoms with Crippen molar-refractivity contribution in [3.8, 4) is 0 Å². The summed E-state index contributed by atoms with van der Waals surface area (Å²) in [6.07, 6.45) is 18.4. The standard InChI is InChI=1S/C26H41N/c1-17-8-13-24(27-17)18(2)21-11-12-22-20-10-9-19-7-5-6-15-25(19,3)23(20)14-16-26(21,22)4/h7,18,20-24H,5-6,8-16H2,1-4H3/t18?,20-,21+,22-,23-,24?,25-,26+/m0/s1. The van der Waals surface area contributed by atoms with Crippen molar-refractivity contribution in [1.82, 2.24) is 0 Å². The number of hydrogen-bond donors (Lipinski definition) is 0. The molecule has 27 heavy (non-hydrogen) atoms. The van der Waals surface area contributed by atoms with Crippen molar-refractivity contribution in [2.75, 3.05) is 0 Å². The molecule has 0 saturated heterocycles. The van der Waals surface area contributed by atoms with Crippen molar-refractivity contribution in [2.45, 2.75) is 104 Å². The molecule has 8 atom stereocenters. The minimum atomic E-state index is 0.555. The van der Waals surface area contributed by atoms with Gasteiger partial charge in [0.2, 0.25) is 0 Å². The average molecular weight is 368 g/mol. The predicted molar refractivity (Wildman–Crippen MR) is 115 cm³/mol. The lowest BCUT2D eigenvalue weighted by molar-refractivity contribution is -0.0600. The molecule has 0 aromatic heterocycles. The van der Waals surface area contributed by atoms with Crippen molar-refractivity contribution >= 4 is 5.71 Å². The Balaban J connectivity index is 1.40. The van der Waals surface area contributed by atoms with E-state index >= 15 is 0 Å². The summed E-state index contributed by atoms with van der Waals surface area (Å²) in [6, 6.07) is 0.625. The second kappa shape index (κ2) is 6.46. The van der Waals surface area contributed by atoms with Gasteiger partial charge in [0.1, 0.15) is 0 Å². The predicted octanol–water partition coefficient (Wildman–Crippen LogP) is 7.21. The van der Waals surface area contributed by atoms with Crippen LogP contribution in [0.3, 0.4) is 0 Å². The molecule has 4 aliphatic carbocycles. The van der Waals surface area contributed by atoms with Crippen LogP contribution in [0.4, 0.5) is 0 Å². The fraction of sp³-hybridized carbons (Fsp3) is 0.885. The van der Waals surface area contributed by atoms with E-state index in [-0.39, 0.29) is 0 Å². The number of allylic oxidation sites excluding steroid dienone is 2. The Morgan fingerprint density at radius 2 is 1.85 bits per heavy atom. The Labute approximate surface area is 167 Å². The summed E-state index contributed by atoms with van der Waals surface area (Å²) >= 11 is 0. The van der Waals surface area contributed by atoms with Gasteiger partial charge in [0.15, 0.2) is 0 Å². The number of hydrogen-bond acceptors (Lipinski definition) is 1. The lowest BCUT2D eigenvalue weighted by Gasteiger charge is -2.58. The Morgan fingerprint density at radius 3 is 2.63 bits per heavy atom. The third-order valence-electron chi connectivity index (χ3n) is 10.5. The molecule has 2 unspecified atom stereocenters. The van der Waals surface area contributed by atoms with Gasteiger partial charge in [-0.05, 0) is 118 Å². The number of nitrogens with zero attached hydrogens (tertiary/aromatic N) is 1. The van der Waals surface area contributed by atoms with E-state index in [1.54, 1.807) is 0 Å². The van der Waals surface area contributed by atoms with Gasteiger partial charge in [0.05, 0.1) is 6.04 Å². The van der Waals surface area contributed by atoms with Crippen LogP contribution in [0.25, 0.3) is 0 Å². The third kappa shape index (κ3) is 2.66. The highest BCUT2D eigenvalue weighted by molar-refractivity contribution is 5.83. The topological polar surface area (TPSA) is 12.4 Å². The summed E-state index contributed by atoms with van der Waals surface area (Å²) in [5.41, 5.74) is 4.42. The van der Waals surface area contributed by atoms with Crippen LogP contribution in [0, 0.1) is 40.4 Å². The molecule has 5 aliphatic rings. The zero-order valence-electron chi connectivity index (χ0n) is 18.3. The van der Waals surface area contributed by atoms with Crippen LogP contribution in [0.15, 0.2) is 16.6 Å². The van der Waals surface area contributed by atoms with E-state index < -0.39 is 0 Å². The highest BCUT2D eigenvalue weighted by Gasteiger charge is 2.59. The summed E-state index contributed by atoms with van der Waals surface area (Å²) in [6.45, 7) is 10.2. The molecule has 3 fully saturated rings. The van der Waals surface area contributed by atoms with E-state index in [1.165, 1.54) is 76.3 Å².